The number of halogens is 1. The average Bonchev–Trinajstić information content (AvgIpc) is 3.27. The highest BCUT2D eigenvalue weighted by Gasteiger charge is 2.31. The number of piperidine rings is 1. The second kappa shape index (κ2) is 9.69. The predicted molar refractivity (Wildman–Crippen MR) is 106 cm³/mol. The first-order chi connectivity index (χ1) is 10.6. The molecule has 1 saturated heterocycles. The van der Waals surface area contributed by atoms with Gasteiger partial charge in [0, 0.05) is 25.7 Å². The number of likely N-dealkylation sites (tertiary alicyclic amines) is 1. The van der Waals surface area contributed by atoms with E-state index in [-0.39, 0.29) is 36.4 Å². The van der Waals surface area contributed by atoms with Crippen molar-refractivity contribution < 1.29 is 4.79 Å². The van der Waals surface area contributed by atoms with Crippen molar-refractivity contribution in [2.45, 2.75) is 65.3 Å². The van der Waals surface area contributed by atoms with E-state index in [4.69, 9.17) is 0 Å². The first-order valence-corrected chi connectivity index (χ1v) is 8.89. The first kappa shape index (κ1) is 20.5. The number of carbonyl (C=O) groups is 1. The van der Waals surface area contributed by atoms with Gasteiger partial charge in [-0.05, 0) is 44.4 Å². The summed E-state index contributed by atoms with van der Waals surface area (Å²) in [5.74, 6) is 0.946. The summed E-state index contributed by atoms with van der Waals surface area (Å²) < 4.78 is 0. The van der Waals surface area contributed by atoms with Crippen LogP contribution in [0.1, 0.15) is 59.3 Å². The number of aliphatic imine (C=N–C) groups is 1. The Bertz CT molecular complexity index is 407. The number of nitrogens with one attached hydrogen (secondary N) is 2. The highest BCUT2D eigenvalue weighted by Crippen LogP contribution is 2.33. The Hall–Kier alpha value is -0.530. The van der Waals surface area contributed by atoms with Gasteiger partial charge < -0.3 is 15.5 Å². The van der Waals surface area contributed by atoms with E-state index in [1.807, 2.05) is 0 Å². The maximum Gasteiger partial charge on any atom is 0.242 e. The lowest BCUT2D eigenvalue weighted by molar-refractivity contribution is -0.119. The van der Waals surface area contributed by atoms with E-state index in [2.05, 4.69) is 41.3 Å². The van der Waals surface area contributed by atoms with E-state index in [0.29, 0.717) is 11.5 Å². The van der Waals surface area contributed by atoms with Gasteiger partial charge in [0.05, 0.1) is 0 Å². The Labute approximate surface area is 158 Å². The second-order valence-corrected chi connectivity index (χ2v) is 7.10. The topological polar surface area (TPSA) is 56.7 Å². The third kappa shape index (κ3) is 6.85. The zero-order valence-corrected chi connectivity index (χ0v) is 17.2. The molecule has 6 heteroatoms. The number of hydrogen-bond donors (Lipinski definition) is 2. The molecule has 1 saturated carbocycles. The van der Waals surface area contributed by atoms with Crippen molar-refractivity contribution in [3.63, 3.8) is 0 Å². The van der Waals surface area contributed by atoms with E-state index in [9.17, 15) is 4.79 Å². The first-order valence-electron chi connectivity index (χ1n) is 8.89. The molecular formula is C17H33IN4O. The van der Waals surface area contributed by atoms with Crippen molar-refractivity contribution in [3.05, 3.63) is 0 Å². The Morgan fingerprint density at radius 3 is 2.70 bits per heavy atom. The van der Waals surface area contributed by atoms with Gasteiger partial charge in [0.25, 0.3) is 0 Å². The zero-order valence-electron chi connectivity index (χ0n) is 14.9. The van der Waals surface area contributed by atoms with Crippen LogP contribution in [0.25, 0.3) is 0 Å². The van der Waals surface area contributed by atoms with Gasteiger partial charge in [-0.3, -0.25) is 4.79 Å². The minimum atomic E-state index is 0. The number of hydrogen-bond acceptors (Lipinski definition) is 2. The van der Waals surface area contributed by atoms with E-state index < -0.39 is 0 Å². The molecule has 1 atom stereocenters. The molecule has 134 valence electrons. The fourth-order valence-electron chi connectivity index (χ4n) is 3.38. The van der Waals surface area contributed by atoms with E-state index in [1.165, 1.54) is 25.7 Å². The quantitative estimate of drug-likeness (QED) is 0.383. The average molecular weight is 436 g/mol. The molecule has 1 amide bonds. The maximum atomic E-state index is 11.9. The fourth-order valence-corrected chi connectivity index (χ4v) is 3.38. The summed E-state index contributed by atoms with van der Waals surface area (Å²) >= 11 is 0. The van der Waals surface area contributed by atoms with Crippen LogP contribution in [0.3, 0.4) is 0 Å². The van der Waals surface area contributed by atoms with Crippen LogP contribution in [0.2, 0.25) is 0 Å². The molecule has 1 heterocycles. The third-order valence-electron chi connectivity index (χ3n) is 4.58. The monoisotopic (exact) mass is 436 g/mol. The molecule has 0 aromatic carbocycles. The molecule has 2 N–H and O–H groups in total. The summed E-state index contributed by atoms with van der Waals surface area (Å²) in [6, 6.07) is 0.410. The fraction of sp³-hybridized carbons (Fsp3) is 0.882. The molecule has 2 aliphatic rings. The molecular weight excluding hydrogens is 403 g/mol. The van der Waals surface area contributed by atoms with Crippen molar-refractivity contribution in [1.29, 1.82) is 0 Å². The minimum Gasteiger partial charge on any atom is -0.357 e. The number of guanidine groups is 1. The van der Waals surface area contributed by atoms with Crippen LogP contribution >= 0.6 is 24.0 Å². The largest absolute Gasteiger partial charge is 0.357 e. The minimum absolute atomic E-state index is 0. The molecule has 0 spiro atoms. The van der Waals surface area contributed by atoms with Gasteiger partial charge in [-0.25, -0.2) is 4.99 Å². The molecule has 5 nitrogen and oxygen atoms in total. The van der Waals surface area contributed by atoms with E-state index in [0.717, 1.165) is 38.4 Å². The predicted octanol–water partition coefficient (Wildman–Crippen LogP) is 2.75. The van der Waals surface area contributed by atoms with Gasteiger partial charge in [-0.2, -0.15) is 0 Å². The third-order valence-corrected chi connectivity index (χ3v) is 4.58. The van der Waals surface area contributed by atoms with Crippen LogP contribution < -0.4 is 10.6 Å². The number of nitrogens with zero attached hydrogens (tertiary/aromatic N) is 2. The van der Waals surface area contributed by atoms with Gasteiger partial charge in [-0.15, -0.1) is 24.0 Å². The molecule has 0 aromatic heterocycles. The molecule has 0 bridgehead atoms. The summed E-state index contributed by atoms with van der Waals surface area (Å²) in [6.07, 6.45) is 7.22. The van der Waals surface area contributed by atoms with Crippen molar-refractivity contribution in [3.8, 4) is 0 Å². The van der Waals surface area contributed by atoms with E-state index in [1.54, 1.807) is 0 Å². The highest BCUT2D eigenvalue weighted by atomic mass is 127. The standard InChI is InChI=1S/C17H32N4O.HI/c1-4-9-17(3)10-6-11-21(13-17)16(18-5-2)19-12-15(22)20-14-7-8-14;/h14H,4-13H2,1-3H3,(H,18,19)(H,20,22);1H. The number of amides is 1. The highest BCUT2D eigenvalue weighted by molar-refractivity contribution is 14.0. The molecule has 23 heavy (non-hydrogen) atoms. The van der Waals surface area contributed by atoms with Crippen molar-refractivity contribution >= 4 is 35.8 Å². The van der Waals surface area contributed by atoms with Gasteiger partial charge in [0.2, 0.25) is 5.91 Å². The van der Waals surface area contributed by atoms with Gasteiger partial charge >= 0.3 is 0 Å². The Morgan fingerprint density at radius 2 is 2.09 bits per heavy atom. The Kier molecular flexibility index (Phi) is 8.64. The molecule has 1 aliphatic carbocycles. The summed E-state index contributed by atoms with van der Waals surface area (Å²) in [4.78, 5) is 18.8. The molecule has 2 fully saturated rings. The van der Waals surface area contributed by atoms with Crippen LogP contribution in [0.4, 0.5) is 0 Å². The van der Waals surface area contributed by atoms with Crippen LogP contribution in [0.5, 0.6) is 0 Å². The lowest BCUT2D eigenvalue weighted by atomic mass is 9.78. The van der Waals surface area contributed by atoms with Crippen LogP contribution in [-0.4, -0.2) is 49.0 Å². The van der Waals surface area contributed by atoms with Crippen LogP contribution in [-0.2, 0) is 4.79 Å². The summed E-state index contributed by atoms with van der Waals surface area (Å²) in [5, 5.41) is 6.35. The molecule has 0 radical (unpaired) electrons. The van der Waals surface area contributed by atoms with Gasteiger partial charge in [-0.1, -0.05) is 20.3 Å². The maximum absolute atomic E-state index is 11.9. The smallest absolute Gasteiger partial charge is 0.242 e. The molecule has 0 aromatic rings. The number of rotatable bonds is 6. The lowest BCUT2D eigenvalue weighted by Gasteiger charge is -2.42. The van der Waals surface area contributed by atoms with Crippen LogP contribution in [0.15, 0.2) is 4.99 Å². The van der Waals surface area contributed by atoms with Crippen molar-refractivity contribution in [1.82, 2.24) is 15.5 Å². The van der Waals surface area contributed by atoms with Gasteiger partial charge in [0.15, 0.2) is 5.96 Å². The normalized spacial score (nSPS) is 24.8. The Balaban J connectivity index is 0.00000264. The lowest BCUT2D eigenvalue weighted by Crippen LogP contribution is -2.50. The summed E-state index contributed by atoms with van der Waals surface area (Å²) in [7, 11) is 0. The number of carbonyl (C=O) groups excluding carboxylic acids is 1. The summed E-state index contributed by atoms with van der Waals surface area (Å²) in [5.41, 5.74) is 0.374. The molecule has 1 unspecified atom stereocenters. The molecule has 1 aliphatic heterocycles. The van der Waals surface area contributed by atoms with Crippen molar-refractivity contribution in [2.24, 2.45) is 10.4 Å². The summed E-state index contributed by atoms with van der Waals surface area (Å²) in [6.45, 7) is 9.86. The van der Waals surface area contributed by atoms with Gasteiger partial charge in [0.1, 0.15) is 6.54 Å². The Morgan fingerprint density at radius 1 is 1.35 bits per heavy atom. The molecule has 2 rings (SSSR count). The second-order valence-electron chi connectivity index (χ2n) is 7.10. The SMILES string of the molecule is CCCC1(C)CCCN(C(=NCC(=O)NC2CC2)NCC)C1.I. The van der Waals surface area contributed by atoms with E-state index >= 15 is 0 Å². The van der Waals surface area contributed by atoms with Crippen molar-refractivity contribution in [2.75, 3.05) is 26.2 Å². The van der Waals surface area contributed by atoms with Crippen LogP contribution in [0, 0.1) is 5.41 Å². The zero-order chi connectivity index (χ0) is 16.0.